The Morgan fingerprint density at radius 2 is 2.05 bits per heavy atom. The molecule has 0 aliphatic heterocycles. The van der Waals surface area contributed by atoms with E-state index < -0.39 is 0 Å². The second-order valence-electron chi connectivity index (χ2n) is 5.71. The molecule has 0 fully saturated rings. The highest BCUT2D eigenvalue weighted by atomic mass is 35.5. The van der Waals surface area contributed by atoms with Crippen LogP contribution in [0.15, 0.2) is 30.3 Å². The molecule has 2 nitrogen and oxygen atoms in total. The van der Waals surface area contributed by atoms with Gasteiger partial charge < -0.3 is 0 Å². The number of aryl methyl sites for hydroxylation is 2. The Hall–Kier alpha value is -0.870. The summed E-state index contributed by atoms with van der Waals surface area (Å²) in [7, 11) is 0. The van der Waals surface area contributed by atoms with Gasteiger partial charge in [0.1, 0.15) is 0 Å². The molecule has 2 aromatic rings. The van der Waals surface area contributed by atoms with E-state index in [-0.39, 0.29) is 6.04 Å². The normalized spacial score (nSPS) is 16.3. The maximum absolute atomic E-state index is 6.07. The molecule has 1 aliphatic rings. The molecule has 4 heteroatoms. The second kappa shape index (κ2) is 6.93. The van der Waals surface area contributed by atoms with Crippen LogP contribution in [-0.4, -0.2) is 0 Å². The van der Waals surface area contributed by atoms with Crippen LogP contribution >= 0.6 is 22.9 Å². The van der Waals surface area contributed by atoms with Gasteiger partial charge in [-0.25, -0.2) is 0 Å². The summed E-state index contributed by atoms with van der Waals surface area (Å²) >= 11 is 8.00. The number of fused-ring (bicyclic) bond motifs is 1. The van der Waals surface area contributed by atoms with E-state index >= 15 is 0 Å². The summed E-state index contributed by atoms with van der Waals surface area (Å²) in [6.45, 7) is 0. The van der Waals surface area contributed by atoms with Crippen molar-refractivity contribution in [3.63, 3.8) is 0 Å². The third-order valence-corrected chi connectivity index (χ3v) is 5.73. The number of rotatable bonds is 4. The summed E-state index contributed by atoms with van der Waals surface area (Å²) in [6, 6.07) is 10.6. The number of nitrogens with one attached hydrogen (secondary N) is 1. The zero-order valence-corrected chi connectivity index (χ0v) is 13.6. The van der Waals surface area contributed by atoms with Crippen molar-refractivity contribution in [3.8, 4) is 0 Å². The number of nitrogens with two attached hydrogens (primary N) is 1. The zero-order chi connectivity index (χ0) is 14.7. The lowest BCUT2D eigenvalue weighted by Gasteiger charge is -2.14. The van der Waals surface area contributed by atoms with Gasteiger partial charge in [0.15, 0.2) is 0 Å². The lowest BCUT2D eigenvalue weighted by atomic mass is 10.0. The minimum absolute atomic E-state index is 0.167. The van der Waals surface area contributed by atoms with Crippen LogP contribution in [0.2, 0.25) is 5.02 Å². The second-order valence-corrected chi connectivity index (χ2v) is 7.32. The Morgan fingerprint density at radius 1 is 1.19 bits per heavy atom. The first kappa shape index (κ1) is 15.0. The Kier molecular flexibility index (Phi) is 4.96. The molecule has 0 saturated heterocycles. The van der Waals surface area contributed by atoms with Gasteiger partial charge in [0.05, 0.1) is 6.04 Å². The van der Waals surface area contributed by atoms with E-state index in [1.165, 1.54) is 42.5 Å². The third-order valence-electron chi connectivity index (χ3n) is 4.14. The van der Waals surface area contributed by atoms with Gasteiger partial charge in [-0.2, -0.15) is 0 Å². The van der Waals surface area contributed by atoms with Crippen molar-refractivity contribution in [2.45, 2.75) is 44.6 Å². The van der Waals surface area contributed by atoms with E-state index in [0.717, 1.165) is 11.4 Å². The lowest BCUT2D eigenvalue weighted by Crippen LogP contribution is -2.28. The van der Waals surface area contributed by atoms with Crippen LogP contribution in [0.4, 0.5) is 0 Å². The van der Waals surface area contributed by atoms with E-state index in [1.807, 2.05) is 29.5 Å². The van der Waals surface area contributed by atoms with Gasteiger partial charge >= 0.3 is 0 Å². The van der Waals surface area contributed by atoms with Gasteiger partial charge in [-0.15, -0.1) is 11.3 Å². The fourth-order valence-corrected chi connectivity index (χ4v) is 4.53. The Labute approximate surface area is 135 Å². The summed E-state index contributed by atoms with van der Waals surface area (Å²) in [5, 5.41) is 0.783. The molecule has 0 radical (unpaired) electrons. The van der Waals surface area contributed by atoms with Gasteiger partial charge in [0, 0.05) is 14.8 Å². The fraction of sp³-hybridized carbons (Fsp3) is 0.412. The van der Waals surface area contributed by atoms with E-state index in [0.29, 0.717) is 0 Å². The van der Waals surface area contributed by atoms with Crippen LogP contribution in [-0.2, 0) is 19.3 Å². The van der Waals surface area contributed by atoms with Crippen LogP contribution in [0, 0.1) is 0 Å². The first-order valence-corrected chi connectivity index (χ1v) is 8.78. The molecule has 1 atom stereocenters. The molecule has 3 N–H and O–H groups in total. The van der Waals surface area contributed by atoms with Crippen LogP contribution in [0.5, 0.6) is 0 Å². The van der Waals surface area contributed by atoms with Gasteiger partial charge in [0.25, 0.3) is 0 Å². The summed E-state index contributed by atoms with van der Waals surface area (Å²) < 4.78 is 0. The topological polar surface area (TPSA) is 38.0 Å². The predicted molar refractivity (Wildman–Crippen MR) is 90.8 cm³/mol. The number of hydrogen-bond donors (Lipinski definition) is 2. The molecule has 1 aliphatic carbocycles. The molecule has 1 heterocycles. The molecule has 0 saturated carbocycles. The number of hydrazine groups is 1. The van der Waals surface area contributed by atoms with Crippen molar-refractivity contribution in [3.05, 3.63) is 56.2 Å². The maximum atomic E-state index is 6.07. The molecule has 0 amide bonds. The third kappa shape index (κ3) is 3.67. The van der Waals surface area contributed by atoms with Crippen molar-refractivity contribution in [2.75, 3.05) is 0 Å². The Morgan fingerprint density at radius 3 is 2.86 bits per heavy atom. The summed E-state index contributed by atoms with van der Waals surface area (Å²) in [4.78, 5) is 2.92. The van der Waals surface area contributed by atoms with Crippen LogP contribution in [0.25, 0.3) is 0 Å². The molecule has 112 valence electrons. The monoisotopic (exact) mass is 320 g/mol. The van der Waals surface area contributed by atoms with Gasteiger partial charge in [-0.05, 0) is 61.4 Å². The van der Waals surface area contributed by atoms with E-state index in [9.17, 15) is 0 Å². The quantitative estimate of drug-likeness (QED) is 0.497. The smallest absolute Gasteiger partial charge is 0.0593 e. The number of hydrogen-bond acceptors (Lipinski definition) is 3. The number of benzene rings is 1. The predicted octanol–water partition coefficient (Wildman–Crippen LogP) is 4.42. The van der Waals surface area contributed by atoms with Gasteiger partial charge in [0.2, 0.25) is 0 Å². The highest BCUT2D eigenvalue weighted by Gasteiger charge is 2.18. The first-order chi connectivity index (χ1) is 10.3. The fourth-order valence-electron chi connectivity index (χ4n) is 3.00. The van der Waals surface area contributed by atoms with Crippen molar-refractivity contribution in [1.82, 2.24) is 5.43 Å². The van der Waals surface area contributed by atoms with Crippen molar-refractivity contribution < 1.29 is 0 Å². The average molecular weight is 321 g/mol. The minimum atomic E-state index is 0.167. The highest BCUT2D eigenvalue weighted by Crippen LogP contribution is 2.33. The maximum Gasteiger partial charge on any atom is 0.0593 e. The molecule has 3 rings (SSSR count). The van der Waals surface area contributed by atoms with Gasteiger partial charge in [-0.3, -0.25) is 11.3 Å². The van der Waals surface area contributed by atoms with Crippen LogP contribution < -0.4 is 11.3 Å². The number of thiophene rings is 1. The summed E-state index contributed by atoms with van der Waals surface area (Å²) in [5.41, 5.74) is 5.74. The van der Waals surface area contributed by atoms with E-state index in [1.54, 1.807) is 10.4 Å². The van der Waals surface area contributed by atoms with Crippen molar-refractivity contribution in [1.29, 1.82) is 0 Å². The SMILES string of the molecule is NNC(Cc1cccc(Cl)c1)c1cc2c(s1)CCCCC2. The lowest BCUT2D eigenvalue weighted by molar-refractivity contribution is 0.560. The van der Waals surface area contributed by atoms with Crippen LogP contribution in [0.3, 0.4) is 0 Å². The van der Waals surface area contributed by atoms with E-state index in [4.69, 9.17) is 17.4 Å². The Bertz CT molecular complexity index is 585. The molecular formula is C17H21ClN2S. The standard InChI is InChI=1S/C17H21ClN2S/c18-14-7-4-5-12(9-14)10-15(20-19)17-11-13-6-2-1-3-8-16(13)21-17/h4-5,7,9,11,15,20H,1-3,6,8,10,19H2. The van der Waals surface area contributed by atoms with Crippen molar-refractivity contribution >= 4 is 22.9 Å². The highest BCUT2D eigenvalue weighted by molar-refractivity contribution is 7.12. The van der Waals surface area contributed by atoms with Crippen molar-refractivity contribution in [2.24, 2.45) is 5.84 Å². The van der Waals surface area contributed by atoms with Gasteiger partial charge in [-0.1, -0.05) is 30.2 Å². The molecular weight excluding hydrogens is 300 g/mol. The molecule has 21 heavy (non-hydrogen) atoms. The first-order valence-electron chi connectivity index (χ1n) is 7.58. The molecule has 1 aromatic heterocycles. The number of halogens is 1. The summed E-state index contributed by atoms with van der Waals surface area (Å²) in [5.74, 6) is 5.80. The Balaban J connectivity index is 1.80. The minimum Gasteiger partial charge on any atom is -0.271 e. The van der Waals surface area contributed by atoms with Crippen LogP contribution in [0.1, 0.15) is 46.2 Å². The molecule has 0 bridgehead atoms. The molecule has 1 unspecified atom stereocenters. The largest absolute Gasteiger partial charge is 0.271 e. The average Bonchev–Trinajstić information content (AvgIpc) is 2.75. The molecule has 1 aromatic carbocycles. The summed E-state index contributed by atoms with van der Waals surface area (Å²) in [6.07, 6.45) is 7.32. The van der Waals surface area contributed by atoms with E-state index in [2.05, 4.69) is 17.6 Å². The molecule has 0 spiro atoms. The zero-order valence-electron chi connectivity index (χ0n) is 12.1.